The lowest BCUT2D eigenvalue weighted by molar-refractivity contribution is 1.26. The molecule has 0 radical (unpaired) electrons. The lowest BCUT2D eigenvalue weighted by Crippen LogP contribution is -1.85. The Morgan fingerprint density at radius 2 is 0.976 bits per heavy atom. The van der Waals surface area contributed by atoms with Crippen LogP contribution in [0, 0.1) is 17.9 Å². The lowest BCUT2D eigenvalue weighted by atomic mass is 9.97. The van der Waals surface area contributed by atoms with E-state index in [1.807, 2.05) is 35.6 Å². The van der Waals surface area contributed by atoms with Gasteiger partial charge in [0.15, 0.2) is 0 Å². The molecule has 0 aliphatic heterocycles. The van der Waals surface area contributed by atoms with Gasteiger partial charge in [0.05, 0.1) is 0 Å². The first-order valence-corrected chi connectivity index (χ1v) is 13.9. The summed E-state index contributed by atoms with van der Waals surface area (Å²) in [6.45, 7) is 7.23. The molecule has 0 N–H and O–H groups in total. The molecule has 0 aliphatic carbocycles. The summed E-state index contributed by atoms with van der Waals surface area (Å²) >= 11 is 1.81. The Balaban J connectivity index is 1.22. The smallest absolute Gasteiger partial charge is 0.270 e. The Kier molecular flexibility index (Phi) is 6.06. The molecule has 0 saturated heterocycles. The first-order chi connectivity index (χ1) is 20.2. The molecule has 0 fully saturated rings. The van der Waals surface area contributed by atoms with Gasteiger partial charge in [0.25, 0.3) is 5.82 Å². The van der Waals surface area contributed by atoms with Crippen LogP contribution >= 0.6 is 11.3 Å². The van der Waals surface area contributed by atoms with Crippen LogP contribution in [-0.4, -0.2) is 9.97 Å². The van der Waals surface area contributed by atoms with Gasteiger partial charge in [-0.15, -0.1) is 16.3 Å². The van der Waals surface area contributed by atoms with Gasteiger partial charge in [-0.05, 0) is 93.0 Å². The summed E-state index contributed by atoms with van der Waals surface area (Å²) in [6.07, 6.45) is 3.36. The molecule has 4 nitrogen and oxygen atoms in total. The summed E-state index contributed by atoms with van der Waals surface area (Å²) in [5, 5.41) is 11.7. The summed E-state index contributed by atoms with van der Waals surface area (Å²) in [4.78, 5) is 11.6. The predicted octanol–water partition coefficient (Wildman–Crippen LogP) is 9.93. The number of fused-ring (bicyclic) bond motifs is 3. The van der Waals surface area contributed by atoms with Gasteiger partial charge in [-0.1, -0.05) is 67.2 Å². The van der Waals surface area contributed by atoms with Crippen molar-refractivity contribution in [3.8, 4) is 50.6 Å². The van der Waals surface area contributed by atoms with Gasteiger partial charge in [-0.2, -0.15) is 5.26 Å². The minimum Gasteiger partial charge on any atom is -0.361 e. The topological polar surface area (TPSA) is 53.9 Å². The van der Waals surface area contributed by atoms with Gasteiger partial charge >= 0.3 is 0 Å². The van der Waals surface area contributed by atoms with Crippen molar-refractivity contribution in [2.45, 2.75) is 0 Å². The zero-order valence-corrected chi connectivity index (χ0v) is 22.6. The first kappa shape index (κ1) is 24.4. The van der Waals surface area contributed by atoms with Crippen molar-refractivity contribution in [3.63, 3.8) is 0 Å². The number of pyridine rings is 2. The molecule has 0 amide bonds. The van der Waals surface area contributed by atoms with Crippen LogP contribution in [0.3, 0.4) is 0 Å². The fraction of sp³-hybridized carbons (Fsp3) is 0. The molecule has 0 bridgehead atoms. The first-order valence-electron chi connectivity index (χ1n) is 13.1. The van der Waals surface area contributed by atoms with E-state index in [0.29, 0.717) is 11.5 Å². The van der Waals surface area contributed by atoms with E-state index < -0.39 is 0 Å². The Morgan fingerprint density at radius 3 is 1.46 bits per heavy atom. The quantitative estimate of drug-likeness (QED) is 0.209. The minimum absolute atomic E-state index is 0.402. The molecule has 4 aromatic carbocycles. The normalized spacial score (nSPS) is 10.9. The molecular formula is C36H20N4S. The number of thiophene rings is 1. The van der Waals surface area contributed by atoms with E-state index >= 15 is 0 Å². The zero-order valence-electron chi connectivity index (χ0n) is 21.7. The van der Waals surface area contributed by atoms with Gasteiger partial charge in [0, 0.05) is 26.4 Å². The summed E-state index contributed by atoms with van der Waals surface area (Å²) in [7, 11) is 0. The van der Waals surface area contributed by atoms with E-state index in [2.05, 4.69) is 106 Å². The number of nitriles is 1. The molecule has 5 heteroatoms. The van der Waals surface area contributed by atoms with Crippen LogP contribution in [0.15, 0.2) is 122 Å². The highest BCUT2D eigenvalue weighted by Gasteiger charge is 2.10. The average Bonchev–Trinajstić information content (AvgIpc) is 3.42. The standard InChI is InChI=1S/C36H20N4S/c1-38-36-21-30(15-17-40-36)26-8-4-24(5-9-26)28-11-13-35-33(20-28)32-19-27(10-12-34(32)41-35)23-2-6-25(7-3-23)29-14-16-39-31(18-29)22-37/h2-21H. The second-order valence-corrected chi connectivity index (χ2v) is 10.8. The molecule has 0 atom stereocenters. The molecule has 41 heavy (non-hydrogen) atoms. The molecule has 0 unspecified atom stereocenters. The minimum atomic E-state index is 0.402. The van der Waals surface area contributed by atoms with Crippen LogP contribution in [-0.2, 0) is 0 Å². The zero-order chi connectivity index (χ0) is 27.8. The van der Waals surface area contributed by atoms with Crippen molar-refractivity contribution in [3.05, 3.63) is 139 Å². The van der Waals surface area contributed by atoms with Crippen molar-refractivity contribution >= 4 is 37.3 Å². The third-order valence-electron chi connectivity index (χ3n) is 7.31. The molecule has 3 heterocycles. The summed E-state index contributed by atoms with van der Waals surface area (Å²) in [5.74, 6) is 0.402. The Hall–Kier alpha value is -5.62. The van der Waals surface area contributed by atoms with Gasteiger partial charge in [-0.3, -0.25) is 0 Å². The highest BCUT2D eigenvalue weighted by atomic mass is 32.1. The fourth-order valence-corrected chi connectivity index (χ4v) is 6.24. The maximum absolute atomic E-state index is 9.18. The van der Waals surface area contributed by atoms with Crippen molar-refractivity contribution in [1.29, 1.82) is 5.26 Å². The SMILES string of the molecule is [C-]#[N+]c1cc(-c2ccc(-c3ccc4sc5ccc(-c6ccc(-c7ccnc(C#N)c7)cc6)cc5c4c3)cc2)ccn1. The number of benzene rings is 4. The summed E-state index contributed by atoms with van der Waals surface area (Å²) in [5.41, 5.74) is 9.15. The number of nitrogens with zero attached hydrogens (tertiary/aromatic N) is 4. The third-order valence-corrected chi connectivity index (χ3v) is 8.46. The number of rotatable bonds is 4. The Morgan fingerprint density at radius 1 is 0.537 bits per heavy atom. The molecule has 0 saturated carbocycles. The molecule has 7 aromatic rings. The monoisotopic (exact) mass is 540 g/mol. The van der Waals surface area contributed by atoms with Gasteiger partial charge < -0.3 is 4.85 Å². The largest absolute Gasteiger partial charge is 0.361 e. The average molecular weight is 541 g/mol. The molecule has 0 spiro atoms. The maximum Gasteiger partial charge on any atom is 0.270 e. The lowest BCUT2D eigenvalue weighted by Gasteiger charge is -2.07. The fourth-order valence-electron chi connectivity index (χ4n) is 5.18. The number of hydrogen-bond donors (Lipinski definition) is 0. The van der Waals surface area contributed by atoms with Gasteiger partial charge in [0.2, 0.25) is 0 Å². The van der Waals surface area contributed by atoms with Crippen molar-refractivity contribution < 1.29 is 0 Å². The Labute approximate surface area is 241 Å². The molecule has 0 aliphatic rings. The van der Waals surface area contributed by atoms with Crippen molar-refractivity contribution in [2.75, 3.05) is 0 Å². The highest BCUT2D eigenvalue weighted by Crippen LogP contribution is 2.39. The molecule has 190 valence electrons. The highest BCUT2D eigenvalue weighted by molar-refractivity contribution is 7.25. The summed E-state index contributed by atoms with van der Waals surface area (Å²) < 4.78 is 2.53. The van der Waals surface area contributed by atoms with Gasteiger partial charge in [-0.25, -0.2) is 4.98 Å². The van der Waals surface area contributed by atoms with E-state index in [-0.39, 0.29) is 0 Å². The second kappa shape index (κ2) is 10.2. The van der Waals surface area contributed by atoms with E-state index in [0.717, 1.165) is 33.4 Å². The van der Waals surface area contributed by atoms with Crippen LogP contribution in [0.1, 0.15) is 5.69 Å². The Bertz CT molecular complexity index is 2010. The number of aromatic nitrogens is 2. The van der Waals surface area contributed by atoms with E-state index in [1.54, 1.807) is 12.4 Å². The third kappa shape index (κ3) is 4.61. The van der Waals surface area contributed by atoms with Crippen LogP contribution in [0.2, 0.25) is 0 Å². The van der Waals surface area contributed by atoms with Gasteiger partial charge in [0.1, 0.15) is 18.0 Å². The van der Waals surface area contributed by atoms with E-state index in [4.69, 9.17) is 6.57 Å². The van der Waals surface area contributed by atoms with E-state index in [9.17, 15) is 5.26 Å². The molecule has 7 rings (SSSR count). The van der Waals surface area contributed by atoms with E-state index in [1.165, 1.54) is 31.3 Å². The predicted molar refractivity (Wildman–Crippen MR) is 168 cm³/mol. The van der Waals surface area contributed by atoms with Crippen LogP contribution in [0.5, 0.6) is 0 Å². The van der Waals surface area contributed by atoms with Crippen LogP contribution < -0.4 is 0 Å². The van der Waals surface area contributed by atoms with Crippen molar-refractivity contribution in [2.24, 2.45) is 0 Å². The second-order valence-electron chi connectivity index (χ2n) is 9.73. The van der Waals surface area contributed by atoms with Crippen LogP contribution in [0.4, 0.5) is 5.82 Å². The number of hydrogen-bond acceptors (Lipinski definition) is 4. The summed E-state index contributed by atoms with van der Waals surface area (Å²) in [6, 6.07) is 39.9. The maximum atomic E-state index is 9.18. The van der Waals surface area contributed by atoms with Crippen molar-refractivity contribution in [1.82, 2.24) is 9.97 Å². The van der Waals surface area contributed by atoms with Crippen LogP contribution in [0.25, 0.3) is 69.5 Å². The molecule has 3 aromatic heterocycles. The molecular weight excluding hydrogens is 520 g/mol.